The minimum absolute atomic E-state index is 0.000664. The van der Waals surface area contributed by atoms with Gasteiger partial charge in [-0.3, -0.25) is 9.59 Å². The van der Waals surface area contributed by atoms with Crippen LogP contribution in [0.1, 0.15) is 22.3 Å². The predicted molar refractivity (Wildman–Crippen MR) is 96.7 cm³/mol. The second-order valence-electron chi connectivity index (χ2n) is 5.63. The summed E-state index contributed by atoms with van der Waals surface area (Å²) in [7, 11) is 0. The smallest absolute Gasteiger partial charge is 0.309 e. The van der Waals surface area contributed by atoms with E-state index in [1.165, 1.54) is 0 Å². The molecule has 0 aromatic heterocycles. The van der Waals surface area contributed by atoms with Gasteiger partial charge in [-0.1, -0.05) is 36.4 Å². The van der Waals surface area contributed by atoms with Gasteiger partial charge in [-0.05, 0) is 28.8 Å². The van der Waals surface area contributed by atoms with Crippen molar-refractivity contribution in [2.24, 2.45) is 11.7 Å². The molecule has 1 atom stereocenters. The Kier molecular flexibility index (Phi) is 6.33. The van der Waals surface area contributed by atoms with Gasteiger partial charge >= 0.3 is 5.97 Å². The molecule has 0 spiro atoms. The number of benzene rings is 2. The number of nitrogens with two attached hydrogens (primary N) is 1. The molecule has 4 N–H and O–H groups in total. The number of nitrogens with one attached hydrogen (secondary N) is 1. The summed E-state index contributed by atoms with van der Waals surface area (Å²) in [6.07, 6.45) is 5.22. The van der Waals surface area contributed by atoms with Crippen LogP contribution in [0, 0.1) is 18.3 Å². The van der Waals surface area contributed by atoms with Gasteiger partial charge < -0.3 is 16.2 Å². The third kappa shape index (κ3) is 4.93. The van der Waals surface area contributed by atoms with Crippen LogP contribution in [-0.4, -0.2) is 23.5 Å². The van der Waals surface area contributed by atoms with Gasteiger partial charge in [0.05, 0.1) is 5.92 Å². The van der Waals surface area contributed by atoms with Crippen molar-refractivity contribution in [2.45, 2.75) is 13.0 Å². The lowest BCUT2D eigenvalue weighted by atomic mass is 10.0. The molecule has 0 aliphatic heterocycles. The molecule has 5 nitrogen and oxygen atoms in total. The molecule has 2 aromatic carbocycles. The fourth-order valence-electron chi connectivity index (χ4n) is 2.35. The Bertz CT molecular complexity index is 774. The molecule has 1 amide bonds. The van der Waals surface area contributed by atoms with Crippen LogP contribution in [0.3, 0.4) is 0 Å². The van der Waals surface area contributed by atoms with Gasteiger partial charge in [0.25, 0.3) is 5.91 Å². The maximum Gasteiger partial charge on any atom is 0.309 e. The molecule has 0 saturated carbocycles. The van der Waals surface area contributed by atoms with Gasteiger partial charge in [0.1, 0.15) is 0 Å². The minimum atomic E-state index is -1.02. The monoisotopic (exact) mass is 336 g/mol. The summed E-state index contributed by atoms with van der Waals surface area (Å²) in [4.78, 5) is 23.2. The van der Waals surface area contributed by atoms with Crippen LogP contribution in [-0.2, 0) is 11.3 Å². The number of carboxylic acids is 1. The topological polar surface area (TPSA) is 92.4 Å². The molecular weight excluding hydrogens is 316 g/mol. The van der Waals surface area contributed by atoms with E-state index >= 15 is 0 Å². The highest BCUT2D eigenvalue weighted by Crippen LogP contribution is 2.20. The summed E-state index contributed by atoms with van der Waals surface area (Å²) < 4.78 is 0. The zero-order chi connectivity index (χ0) is 18.2. The van der Waals surface area contributed by atoms with E-state index in [1.807, 2.05) is 36.4 Å². The number of carboxylic acid groups (broad SMARTS) is 1. The summed E-state index contributed by atoms with van der Waals surface area (Å²) in [5.74, 6) is 0.179. The fraction of sp³-hybridized carbons (Fsp3) is 0.200. The van der Waals surface area contributed by atoms with E-state index in [2.05, 4.69) is 11.2 Å². The number of hydrogen-bond acceptors (Lipinski definition) is 3. The molecule has 0 saturated heterocycles. The van der Waals surface area contributed by atoms with Gasteiger partial charge in [0, 0.05) is 25.1 Å². The Labute approximate surface area is 146 Å². The molecule has 0 bridgehead atoms. The van der Waals surface area contributed by atoms with Crippen molar-refractivity contribution in [1.29, 1.82) is 0 Å². The van der Waals surface area contributed by atoms with Crippen molar-refractivity contribution < 1.29 is 14.7 Å². The Hall–Kier alpha value is -3.10. The standard InChI is InChI=1S/C20H20N2O3/c1-2-3-18(20(24)25)13-22-19(23)17-10-8-16(9-11-17)15-6-4-14(12-21)5-7-15/h1,4-11,18H,3,12-13,21H2,(H,22,23)(H,24,25)/t18-/m0/s1. The predicted octanol–water partition coefficient (Wildman–Crippen LogP) is 2.27. The molecule has 0 aliphatic rings. The average Bonchev–Trinajstić information content (AvgIpc) is 2.65. The lowest BCUT2D eigenvalue weighted by Crippen LogP contribution is -2.32. The molecule has 0 heterocycles. The van der Waals surface area contributed by atoms with Gasteiger partial charge in [-0.15, -0.1) is 12.3 Å². The van der Waals surface area contributed by atoms with E-state index in [9.17, 15) is 9.59 Å². The molecule has 0 unspecified atom stereocenters. The minimum Gasteiger partial charge on any atom is -0.481 e. The van der Waals surface area contributed by atoms with E-state index in [1.54, 1.807) is 12.1 Å². The van der Waals surface area contributed by atoms with Crippen LogP contribution in [0.5, 0.6) is 0 Å². The van der Waals surface area contributed by atoms with Crippen LogP contribution in [0.15, 0.2) is 48.5 Å². The normalized spacial score (nSPS) is 11.4. The molecule has 2 rings (SSSR count). The number of amides is 1. The highest BCUT2D eigenvalue weighted by Gasteiger charge is 2.17. The molecule has 128 valence electrons. The van der Waals surface area contributed by atoms with E-state index in [-0.39, 0.29) is 18.9 Å². The number of carbonyl (C=O) groups is 2. The van der Waals surface area contributed by atoms with Crippen LogP contribution in [0.4, 0.5) is 0 Å². The number of terminal acetylenes is 1. The molecule has 0 aliphatic carbocycles. The molecule has 0 radical (unpaired) electrons. The Balaban J connectivity index is 2.02. The summed E-state index contributed by atoms with van der Waals surface area (Å²) in [5, 5.41) is 11.6. The second-order valence-corrected chi connectivity index (χ2v) is 5.63. The van der Waals surface area contributed by atoms with E-state index in [4.69, 9.17) is 17.3 Å². The van der Waals surface area contributed by atoms with E-state index < -0.39 is 11.9 Å². The summed E-state index contributed by atoms with van der Waals surface area (Å²) in [5.41, 5.74) is 9.12. The van der Waals surface area contributed by atoms with Crippen LogP contribution in [0.2, 0.25) is 0 Å². The second kappa shape index (κ2) is 8.67. The first-order valence-electron chi connectivity index (χ1n) is 7.89. The highest BCUT2D eigenvalue weighted by molar-refractivity contribution is 5.94. The van der Waals surface area contributed by atoms with Crippen molar-refractivity contribution in [1.82, 2.24) is 5.32 Å². The number of hydrogen-bond donors (Lipinski definition) is 3. The third-order valence-electron chi connectivity index (χ3n) is 3.89. The Morgan fingerprint density at radius 3 is 2.12 bits per heavy atom. The first kappa shape index (κ1) is 18.2. The quantitative estimate of drug-likeness (QED) is 0.676. The number of carbonyl (C=O) groups excluding carboxylic acids is 1. The van der Waals surface area contributed by atoms with Gasteiger partial charge in [-0.25, -0.2) is 0 Å². The SMILES string of the molecule is C#CC[C@@H](CNC(=O)c1ccc(-c2ccc(CN)cc2)cc1)C(=O)O. The van der Waals surface area contributed by atoms with Crippen molar-refractivity contribution >= 4 is 11.9 Å². The van der Waals surface area contributed by atoms with E-state index in [0.717, 1.165) is 16.7 Å². The lowest BCUT2D eigenvalue weighted by Gasteiger charge is -2.11. The first-order chi connectivity index (χ1) is 12.0. The van der Waals surface area contributed by atoms with Gasteiger partial charge in [0.2, 0.25) is 0 Å². The van der Waals surface area contributed by atoms with Crippen molar-refractivity contribution in [2.75, 3.05) is 6.54 Å². The fourth-order valence-corrected chi connectivity index (χ4v) is 2.35. The Morgan fingerprint density at radius 1 is 1.08 bits per heavy atom. The maximum atomic E-state index is 12.1. The zero-order valence-electron chi connectivity index (χ0n) is 13.7. The van der Waals surface area contributed by atoms with Gasteiger partial charge in [-0.2, -0.15) is 0 Å². The highest BCUT2D eigenvalue weighted by atomic mass is 16.4. The van der Waals surface area contributed by atoms with Crippen LogP contribution < -0.4 is 11.1 Å². The van der Waals surface area contributed by atoms with Crippen molar-refractivity contribution in [3.63, 3.8) is 0 Å². The average molecular weight is 336 g/mol. The number of rotatable bonds is 7. The first-order valence-corrected chi connectivity index (χ1v) is 7.89. The summed E-state index contributed by atoms with van der Waals surface area (Å²) in [6, 6.07) is 15.0. The van der Waals surface area contributed by atoms with Crippen molar-refractivity contribution in [3.8, 4) is 23.5 Å². The molecule has 25 heavy (non-hydrogen) atoms. The zero-order valence-corrected chi connectivity index (χ0v) is 13.7. The van der Waals surface area contributed by atoms with Crippen molar-refractivity contribution in [3.05, 3.63) is 59.7 Å². The molecule has 5 heteroatoms. The van der Waals surface area contributed by atoms with Crippen LogP contribution >= 0.6 is 0 Å². The molecule has 2 aromatic rings. The third-order valence-corrected chi connectivity index (χ3v) is 3.89. The molecular formula is C20H20N2O3. The summed E-state index contributed by atoms with van der Waals surface area (Å²) >= 11 is 0. The van der Waals surface area contributed by atoms with E-state index in [0.29, 0.717) is 12.1 Å². The van der Waals surface area contributed by atoms with Gasteiger partial charge in [0.15, 0.2) is 0 Å². The maximum absolute atomic E-state index is 12.1. The number of aliphatic carboxylic acids is 1. The largest absolute Gasteiger partial charge is 0.481 e. The lowest BCUT2D eigenvalue weighted by molar-refractivity contribution is -0.141. The molecule has 0 fully saturated rings. The summed E-state index contributed by atoms with van der Waals surface area (Å²) in [6.45, 7) is 0.497. The van der Waals surface area contributed by atoms with Crippen LogP contribution in [0.25, 0.3) is 11.1 Å². The Morgan fingerprint density at radius 2 is 1.64 bits per heavy atom.